The Labute approximate surface area is 116 Å². The third-order valence-electron chi connectivity index (χ3n) is 2.32. The van der Waals surface area contributed by atoms with Gasteiger partial charge in [-0.15, -0.1) is 0 Å². The number of rotatable bonds is 5. The first kappa shape index (κ1) is 17.1. The first-order chi connectivity index (χ1) is 9.48. The van der Waals surface area contributed by atoms with Gasteiger partial charge in [0.05, 0.1) is 10.7 Å². The van der Waals surface area contributed by atoms with Crippen LogP contribution in [0.4, 0.5) is 23.2 Å². The van der Waals surface area contributed by atoms with Crippen molar-refractivity contribution >= 4 is 15.5 Å². The smallest absolute Gasteiger partial charge is 0.422 e. The summed E-state index contributed by atoms with van der Waals surface area (Å²) in [5, 5.41) is 10.8. The van der Waals surface area contributed by atoms with Crippen molar-refractivity contribution in [3.63, 3.8) is 0 Å². The molecule has 118 valence electrons. The van der Waals surface area contributed by atoms with Gasteiger partial charge in [0.15, 0.2) is 22.2 Å². The Morgan fingerprint density at radius 1 is 1.33 bits per heavy atom. The molecule has 0 fully saturated rings. The fraction of sp³-hybridized carbons (Fsp3) is 0.400. The standard InChI is InChI=1S/C10H9F4NO5S/c1-2-21(18,19)9-4-7(15(16)17)8(3-6(9)11)20-5-10(12,13)14/h3-4H,2,5H2,1H3. The SMILES string of the molecule is CCS(=O)(=O)c1cc([N+](=O)[O-])c(OCC(F)(F)F)cc1F. The summed E-state index contributed by atoms with van der Waals surface area (Å²) in [4.78, 5) is 8.64. The van der Waals surface area contributed by atoms with E-state index in [0.29, 0.717) is 6.07 Å². The van der Waals surface area contributed by atoms with Crippen LogP contribution in [0.2, 0.25) is 0 Å². The second kappa shape index (κ2) is 5.84. The zero-order chi connectivity index (χ0) is 16.4. The molecule has 0 aromatic heterocycles. The van der Waals surface area contributed by atoms with Crippen LogP contribution in [0.25, 0.3) is 0 Å². The topological polar surface area (TPSA) is 86.5 Å². The molecule has 0 amide bonds. The number of sulfone groups is 1. The van der Waals surface area contributed by atoms with Gasteiger partial charge in [0, 0.05) is 12.1 Å². The van der Waals surface area contributed by atoms with E-state index in [9.17, 15) is 36.1 Å². The highest BCUT2D eigenvalue weighted by Crippen LogP contribution is 2.33. The summed E-state index contributed by atoms with van der Waals surface area (Å²) in [6, 6.07) is 0.603. The number of ether oxygens (including phenoxy) is 1. The van der Waals surface area contributed by atoms with Gasteiger partial charge in [0.1, 0.15) is 10.7 Å². The van der Waals surface area contributed by atoms with E-state index in [0.717, 1.165) is 0 Å². The second-order valence-electron chi connectivity index (χ2n) is 3.81. The zero-order valence-corrected chi connectivity index (χ0v) is 11.3. The van der Waals surface area contributed by atoms with Gasteiger partial charge >= 0.3 is 11.9 Å². The number of hydrogen-bond acceptors (Lipinski definition) is 5. The van der Waals surface area contributed by atoms with Crippen molar-refractivity contribution in [3.8, 4) is 5.75 Å². The molecule has 0 aliphatic carbocycles. The van der Waals surface area contributed by atoms with Crippen LogP contribution in [0.5, 0.6) is 5.75 Å². The molecule has 0 radical (unpaired) electrons. The highest BCUT2D eigenvalue weighted by Gasteiger charge is 2.31. The lowest BCUT2D eigenvalue weighted by Gasteiger charge is -2.11. The minimum absolute atomic E-state index is 0.256. The Morgan fingerprint density at radius 2 is 1.90 bits per heavy atom. The summed E-state index contributed by atoms with van der Waals surface area (Å²) in [5.41, 5.74) is -1.06. The minimum Gasteiger partial charge on any atom is -0.477 e. The van der Waals surface area contributed by atoms with Gasteiger partial charge in [-0.05, 0) is 0 Å². The molecule has 1 aromatic rings. The van der Waals surface area contributed by atoms with Crippen LogP contribution in [-0.2, 0) is 9.84 Å². The molecule has 1 rings (SSSR count). The normalized spacial score (nSPS) is 12.2. The third-order valence-corrected chi connectivity index (χ3v) is 4.06. The van der Waals surface area contributed by atoms with E-state index in [4.69, 9.17) is 0 Å². The lowest BCUT2D eigenvalue weighted by Crippen LogP contribution is -2.20. The molecule has 0 spiro atoms. The van der Waals surface area contributed by atoms with Crippen molar-refractivity contribution < 1.29 is 35.6 Å². The van der Waals surface area contributed by atoms with Gasteiger partial charge in [-0.2, -0.15) is 13.2 Å². The molecular weight excluding hydrogens is 322 g/mol. The summed E-state index contributed by atoms with van der Waals surface area (Å²) in [7, 11) is -4.10. The molecule has 0 aliphatic rings. The van der Waals surface area contributed by atoms with Crippen molar-refractivity contribution in [3.05, 3.63) is 28.1 Å². The number of hydrogen-bond donors (Lipinski definition) is 0. The summed E-state index contributed by atoms with van der Waals surface area (Å²) < 4.78 is 76.9. The molecule has 21 heavy (non-hydrogen) atoms. The minimum atomic E-state index is -4.78. The van der Waals surface area contributed by atoms with Crippen LogP contribution in [0.3, 0.4) is 0 Å². The fourth-order valence-electron chi connectivity index (χ4n) is 1.34. The molecule has 0 N–H and O–H groups in total. The number of alkyl halides is 3. The number of benzene rings is 1. The van der Waals surface area contributed by atoms with E-state index in [1.807, 2.05) is 0 Å². The average Bonchev–Trinajstić information content (AvgIpc) is 2.34. The van der Waals surface area contributed by atoms with Crippen molar-refractivity contribution in [2.45, 2.75) is 18.0 Å². The van der Waals surface area contributed by atoms with Gasteiger partial charge in [0.25, 0.3) is 0 Å². The number of nitro groups is 1. The largest absolute Gasteiger partial charge is 0.477 e. The van der Waals surface area contributed by atoms with Crippen LogP contribution in [0.15, 0.2) is 17.0 Å². The molecule has 0 unspecified atom stereocenters. The molecular formula is C10H9F4NO5S. The van der Waals surface area contributed by atoms with Gasteiger partial charge in [-0.3, -0.25) is 10.1 Å². The van der Waals surface area contributed by atoms with Crippen molar-refractivity contribution in [2.24, 2.45) is 0 Å². The monoisotopic (exact) mass is 331 g/mol. The maximum Gasteiger partial charge on any atom is 0.422 e. The lowest BCUT2D eigenvalue weighted by atomic mass is 10.3. The maximum absolute atomic E-state index is 13.6. The fourth-order valence-corrected chi connectivity index (χ4v) is 2.29. The Kier molecular flexibility index (Phi) is 4.76. The highest BCUT2D eigenvalue weighted by atomic mass is 32.2. The molecule has 0 saturated heterocycles. The van der Waals surface area contributed by atoms with Gasteiger partial charge < -0.3 is 4.74 Å². The molecule has 0 bridgehead atoms. The Hall–Kier alpha value is -1.91. The number of nitrogens with zero attached hydrogens (tertiary/aromatic N) is 1. The highest BCUT2D eigenvalue weighted by molar-refractivity contribution is 7.91. The van der Waals surface area contributed by atoms with Gasteiger partial charge in [-0.25, -0.2) is 12.8 Å². The number of nitro benzene ring substituents is 1. The van der Waals surface area contributed by atoms with Gasteiger partial charge in [-0.1, -0.05) is 6.92 Å². The molecule has 1 aromatic carbocycles. The van der Waals surface area contributed by atoms with E-state index in [-0.39, 0.29) is 6.07 Å². The van der Waals surface area contributed by atoms with E-state index >= 15 is 0 Å². The molecule has 6 nitrogen and oxygen atoms in total. The van der Waals surface area contributed by atoms with Crippen LogP contribution >= 0.6 is 0 Å². The van der Waals surface area contributed by atoms with Crippen LogP contribution in [0.1, 0.15) is 6.92 Å². The molecule has 0 aliphatic heterocycles. The maximum atomic E-state index is 13.6. The van der Waals surface area contributed by atoms with E-state index in [1.54, 1.807) is 0 Å². The van der Waals surface area contributed by atoms with E-state index in [2.05, 4.69) is 4.74 Å². The predicted molar refractivity (Wildman–Crippen MR) is 62.3 cm³/mol. The predicted octanol–water partition coefficient (Wildman–Crippen LogP) is 2.47. The van der Waals surface area contributed by atoms with Crippen molar-refractivity contribution in [2.75, 3.05) is 12.4 Å². The summed E-state index contributed by atoms with van der Waals surface area (Å²) in [5.74, 6) is -2.94. The summed E-state index contributed by atoms with van der Waals surface area (Å²) >= 11 is 0. The van der Waals surface area contributed by atoms with Crippen molar-refractivity contribution in [1.29, 1.82) is 0 Å². The first-order valence-corrected chi connectivity index (χ1v) is 7.03. The molecule has 11 heteroatoms. The Balaban J connectivity index is 3.35. The second-order valence-corrected chi connectivity index (χ2v) is 6.06. The Morgan fingerprint density at radius 3 is 2.33 bits per heavy atom. The zero-order valence-electron chi connectivity index (χ0n) is 10.5. The lowest BCUT2D eigenvalue weighted by molar-refractivity contribution is -0.386. The summed E-state index contributed by atoms with van der Waals surface area (Å²) in [6.45, 7) is -0.679. The van der Waals surface area contributed by atoms with E-state index in [1.165, 1.54) is 6.92 Å². The number of halogens is 4. The molecule has 0 saturated carbocycles. The Bertz CT molecular complexity index is 656. The van der Waals surface area contributed by atoms with Crippen molar-refractivity contribution in [1.82, 2.24) is 0 Å². The molecule has 0 atom stereocenters. The summed E-state index contributed by atoms with van der Waals surface area (Å²) in [6.07, 6.45) is -4.78. The van der Waals surface area contributed by atoms with Crippen LogP contribution in [-0.4, -0.2) is 31.9 Å². The van der Waals surface area contributed by atoms with Gasteiger partial charge in [0.2, 0.25) is 0 Å². The third kappa shape index (κ3) is 4.28. The quantitative estimate of drug-likeness (QED) is 0.470. The van der Waals surface area contributed by atoms with Crippen LogP contribution in [0, 0.1) is 15.9 Å². The molecule has 0 heterocycles. The average molecular weight is 331 g/mol. The first-order valence-electron chi connectivity index (χ1n) is 5.38. The van der Waals surface area contributed by atoms with E-state index < -0.39 is 55.4 Å². The van der Waals surface area contributed by atoms with Crippen LogP contribution < -0.4 is 4.74 Å².